The predicted molar refractivity (Wildman–Crippen MR) is 84.0 cm³/mol. The summed E-state index contributed by atoms with van der Waals surface area (Å²) in [6.07, 6.45) is 4.17. The van der Waals surface area contributed by atoms with Crippen molar-refractivity contribution in [3.63, 3.8) is 0 Å². The fourth-order valence-corrected chi connectivity index (χ4v) is 2.40. The lowest BCUT2D eigenvalue weighted by molar-refractivity contribution is 0.271. The van der Waals surface area contributed by atoms with Gasteiger partial charge in [-0.1, -0.05) is 20.8 Å². The molecule has 0 atom stereocenters. The van der Waals surface area contributed by atoms with Crippen LogP contribution in [0.4, 0.5) is 4.39 Å². The van der Waals surface area contributed by atoms with E-state index in [1.807, 2.05) is 18.3 Å². The molecule has 0 amide bonds. The Morgan fingerprint density at radius 3 is 2.64 bits per heavy atom. The number of alkyl halides is 1. The highest BCUT2D eigenvalue weighted by molar-refractivity contribution is 5.58. The fourth-order valence-electron chi connectivity index (χ4n) is 2.40. The summed E-state index contributed by atoms with van der Waals surface area (Å²) in [7, 11) is 0. The van der Waals surface area contributed by atoms with E-state index in [1.54, 1.807) is 0 Å². The van der Waals surface area contributed by atoms with E-state index in [9.17, 15) is 4.39 Å². The van der Waals surface area contributed by atoms with Gasteiger partial charge in [0.15, 0.2) is 0 Å². The first-order valence-electron chi connectivity index (χ1n) is 7.74. The van der Waals surface area contributed by atoms with E-state index >= 15 is 0 Å². The molecule has 5 heteroatoms. The predicted octanol–water partition coefficient (Wildman–Crippen LogP) is 3.99. The maximum atomic E-state index is 12.4. The smallest absolute Gasteiger partial charge is 0.126 e. The number of ether oxygens (including phenoxy) is 1. The SMILES string of the molecule is CC(C)(C)c1cc(-c2cc(OCCF)c(C3CC3)cn2)n[nH]1. The van der Waals surface area contributed by atoms with E-state index in [1.165, 1.54) is 0 Å². The number of hydrogen-bond acceptors (Lipinski definition) is 3. The van der Waals surface area contributed by atoms with Crippen LogP contribution < -0.4 is 4.74 Å². The molecule has 0 aliphatic heterocycles. The summed E-state index contributed by atoms with van der Waals surface area (Å²) >= 11 is 0. The van der Waals surface area contributed by atoms with Crippen LogP contribution in [0, 0.1) is 0 Å². The molecular formula is C17H22FN3O. The molecule has 0 unspecified atom stereocenters. The van der Waals surface area contributed by atoms with E-state index in [0.29, 0.717) is 5.92 Å². The number of H-pyrrole nitrogens is 1. The average Bonchev–Trinajstić information content (AvgIpc) is 3.19. The number of aromatic amines is 1. The monoisotopic (exact) mass is 303 g/mol. The molecular weight excluding hydrogens is 281 g/mol. The van der Waals surface area contributed by atoms with Gasteiger partial charge in [0.25, 0.3) is 0 Å². The van der Waals surface area contributed by atoms with Gasteiger partial charge in [0.2, 0.25) is 0 Å². The zero-order valence-corrected chi connectivity index (χ0v) is 13.3. The number of halogens is 1. The first-order chi connectivity index (χ1) is 10.5. The van der Waals surface area contributed by atoms with E-state index in [-0.39, 0.29) is 12.0 Å². The minimum atomic E-state index is -0.488. The first-order valence-corrected chi connectivity index (χ1v) is 7.74. The van der Waals surface area contributed by atoms with Crippen molar-refractivity contribution in [3.8, 4) is 17.1 Å². The lowest BCUT2D eigenvalue weighted by Crippen LogP contribution is -2.11. The Bertz CT molecular complexity index is 656. The van der Waals surface area contributed by atoms with Crippen LogP contribution in [-0.2, 0) is 5.41 Å². The van der Waals surface area contributed by atoms with Crippen LogP contribution in [0.3, 0.4) is 0 Å². The summed E-state index contributed by atoms with van der Waals surface area (Å²) in [5, 5.41) is 7.41. The molecule has 1 aliphatic carbocycles. The Hall–Kier alpha value is -1.91. The number of pyridine rings is 1. The second kappa shape index (κ2) is 5.71. The van der Waals surface area contributed by atoms with Crippen molar-refractivity contribution in [1.29, 1.82) is 0 Å². The Balaban J connectivity index is 1.91. The highest BCUT2D eigenvalue weighted by Gasteiger charge is 2.28. The molecule has 0 bridgehead atoms. The lowest BCUT2D eigenvalue weighted by atomic mass is 9.92. The summed E-state index contributed by atoms with van der Waals surface area (Å²) in [4.78, 5) is 4.52. The Morgan fingerprint density at radius 1 is 1.27 bits per heavy atom. The average molecular weight is 303 g/mol. The second-order valence-electron chi connectivity index (χ2n) is 6.84. The molecule has 118 valence electrons. The van der Waals surface area contributed by atoms with Crippen molar-refractivity contribution in [2.45, 2.75) is 44.9 Å². The van der Waals surface area contributed by atoms with Crippen LogP contribution in [0.25, 0.3) is 11.4 Å². The standard InChI is InChI=1S/C17H22FN3O/c1-17(2,3)16-9-14(20-21-16)13-8-15(22-7-6-18)12(10-19-13)11-4-5-11/h8-11H,4-7H2,1-3H3,(H,20,21). The lowest BCUT2D eigenvalue weighted by Gasteiger charge is -2.14. The van der Waals surface area contributed by atoms with Crippen molar-refractivity contribution in [1.82, 2.24) is 15.2 Å². The summed E-state index contributed by atoms with van der Waals surface area (Å²) in [5.41, 5.74) is 3.69. The minimum absolute atomic E-state index is 0.00671. The van der Waals surface area contributed by atoms with Crippen molar-refractivity contribution >= 4 is 0 Å². The number of nitrogens with one attached hydrogen (secondary N) is 1. The van der Waals surface area contributed by atoms with Crippen LogP contribution >= 0.6 is 0 Å². The maximum Gasteiger partial charge on any atom is 0.126 e. The Labute approximate surface area is 130 Å². The molecule has 1 aliphatic rings. The molecule has 0 radical (unpaired) electrons. The van der Waals surface area contributed by atoms with Gasteiger partial charge in [0.05, 0.1) is 5.69 Å². The number of rotatable bonds is 5. The molecule has 2 aromatic rings. The van der Waals surface area contributed by atoms with Gasteiger partial charge in [-0.2, -0.15) is 5.10 Å². The first kappa shape index (κ1) is 15.0. The quantitative estimate of drug-likeness (QED) is 0.908. The van der Waals surface area contributed by atoms with Gasteiger partial charge in [0, 0.05) is 28.9 Å². The van der Waals surface area contributed by atoms with Crippen molar-refractivity contribution in [2.24, 2.45) is 0 Å². The molecule has 0 spiro atoms. The molecule has 3 rings (SSSR count). The van der Waals surface area contributed by atoms with Gasteiger partial charge in [-0.05, 0) is 24.8 Å². The third-order valence-corrected chi connectivity index (χ3v) is 3.90. The summed E-state index contributed by atoms with van der Waals surface area (Å²) in [6, 6.07) is 3.89. The molecule has 1 fully saturated rings. The van der Waals surface area contributed by atoms with Crippen molar-refractivity contribution in [3.05, 3.63) is 29.6 Å². The molecule has 2 aromatic heterocycles. The maximum absolute atomic E-state index is 12.4. The van der Waals surface area contributed by atoms with Gasteiger partial charge in [-0.3, -0.25) is 10.1 Å². The van der Waals surface area contributed by atoms with Crippen LogP contribution in [0.2, 0.25) is 0 Å². The van der Waals surface area contributed by atoms with Crippen LogP contribution in [0.15, 0.2) is 18.3 Å². The molecule has 22 heavy (non-hydrogen) atoms. The highest BCUT2D eigenvalue weighted by atomic mass is 19.1. The van der Waals surface area contributed by atoms with Gasteiger partial charge in [0.1, 0.15) is 24.7 Å². The van der Waals surface area contributed by atoms with Crippen LogP contribution in [0.1, 0.15) is 50.8 Å². The third-order valence-electron chi connectivity index (χ3n) is 3.90. The number of hydrogen-bond donors (Lipinski definition) is 1. The molecule has 1 N–H and O–H groups in total. The van der Waals surface area contributed by atoms with Crippen LogP contribution in [-0.4, -0.2) is 28.5 Å². The second-order valence-corrected chi connectivity index (χ2v) is 6.84. The summed E-state index contributed by atoms with van der Waals surface area (Å²) in [5.74, 6) is 1.26. The normalized spacial score (nSPS) is 15.1. The third kappa shape index (κ3) is 3.13. The molecule has 1 saturated carbocycles. The molecule has 2 heterocycles. The van der Waals surface area contributed by atoms with Gasteiger partial charge >= 0.3 is 0 Å². The zero-order chi connectivity index (χ0) is 15.7. The largest absolute Gasteiger partial charge is 0.490 e. The highest BCUT2D eigenvalue weighted by Crippen LogP contribution is 2.44. The van der Waals surface area contributed by atoms with Gasteiger partial charge in [-0.15, -0.1) is 0 Å². The van der Waals surface area contributed by atoms with Gasteiger partial charge in [-0.25, -0.2) is 4.39 Å². The fraction of sp³-hybridized carbons (Fsp3) is 0.529. The van der Waals surface area contributed by atoms with E-state index in [0.717, 1.165) is 41.2 Å². The van der Waals surface area contributed by atoms with Gasteiger partial charge < -0.3 is 4.74 Å². The van der Waals surface area contributed by atoms with Crippen molar-refractivity contribution < 1.29 is 9.13 Å². The minimum Gasteiger partial charge on any atom is -0.490 e. The number of aromatic nitrogens is 3. The topological polar surface area (TPSA) is 50.8 Å². The molecule has 4 nitrogen and oxygen atoms in total. The Kier molecular flexibility index (Phi) is 3.89. The summed E-state index contributed by atoms with van der Waals surface area (Å²) < 4.78 is 18.0. The Morgan fingerprint density at radius 2 is 2.05 bits per heavy atom. The van der Waals surface area contributed by atoms with Crippen LogP contribution in [0.5, 0.6) is 5.75 Å². The molecule has 0 aromatic carbocycles. The summed E-state index contributed by atoms with van der Waals surface area (Å²) in [6.45, 7) is 5.98. The number of nitrogens with zero attached hydrogens (tertiary/aromatic N) is 2. The van der Waals surface area contributed by atoms with E-state index in [4.69, 9.17) is 4.74 Å². The van der Waals surface area contributed by atoms with E-state index in [2.05, 4.69) is 36.0 Å². The van der Waals surface area contributed by atoms with E-state index < -0.39 is 6.67 Å². The van der Waals surface area contributed by atoms with Crippen molar-refractivity contribution in [2.75, 3.05) is 13.3 Å². The molecule has 0 saturated heterocycles. The zero-order valence-electron chi connectivity index (χ0n) is 13.3.